The highest BCUT2D eigenvalue weighted by Crippen LogP contribution is 2.30. The topological polar surface area (TPSA) is 66.5 Å². The lowest BCUT2D eigenvalue weighted by atomic mass is 9.99. The van der Waals surface area contributed by atoms with Crippen LogP contribution < -0.4 is 9.62 Å². The second-order valence-corrected chi connectivity index (χ2v) is 9.37. The van der Waals surface area contributed by atoms with Gasteiger partial charge in [0, 0.05) is 19.0 Å². The fraction of sp³-hybridized carbons (Fsp3) is 0.381. The second-order valence-electron chi connectivity index (χ2n) is 7.36. The highest BCUT2D eigenvalue weighted by molar-refractivity contribution is 7.92. The Labute approximate surface area is 173 Å². The average molecular weight is 440 g/mol. The van der Waals surface area contributed by atoms with Gasteiger partial charge in [-0.2, -0.15) is 13.2 Å². The van der Waals surface area contributed by atoms with Gasteiger partial charge < -0.3 is 5.32 Å². The summed E-state index contributed by atoms with van der Waals surface area (Å²) in [5, 5.41) is 2.62. The number of anilines is 1. The third-order valence-electron chi connectivity index (χ3n) is 5.11. The highest BCUT2D eigenvalue weighted by atomic mass is 32.2. The Balaban J connectivity index is 1.50. The molecule has 0 radical (unpaired) electrons. The molecule has 2 aromatic carbocycles. The Morgan fingerprint density at radius 3 is 2.47 bits per heavy atom. The smallest absolute Gasteiger partial charge is 0.355 e. The van der Waals surface area contributed by atoms with Crippen LogP contribution >= 0.6 is 0 Å². The SMILES string of the molecule is CC(Cc1ccc(C(F)(F)F)cc1)C(=O)NCCS(=O)(=O)N1CCc2ccccc21. The molecule has 1 atom stereocenters. The molecular weight excluding hydrogens is 417 g/mol. The third-order valence-corrected chi connectivity index (χ3v) is 6.88. The number of halogens is 3. The van der Waals surface area contributed by atoms with Gasteiger partial charge in [0.1, 0.15) is 0 Å². The van der Waals surface area contributed by atoms with Crippen LogP contribution in [0.5, 0.6) is 0 Å². The van der Waals surface area contributed by atoms with Gasteiger partial charge in [-0.1, -0.05) is 37.3 Å². The van der Waals surface area contributed by atoms with Crippen LogP contribution in [-0.2, 0) is 33.8 Å². The first-order valence-electron chi connectivity index (χ1n) is 9.60. The van der Waals surface area contributed by atoms with E-state index in [1.54, 1.807) is 19.1 Å². The third kappa shape index (κ3) is 5.13. The van der Waals surface area contributed by atoms with E-state index in [0.717, 1.165) is 17.7 Å². The lowest BCUT2D eigenvalue weighted by Gasteiger charge is -2.20. The van der Waals surface area contributed by atoms with Crippen LogP contribution in [-0.4, -0.2) is 33.2 Å². The molecule has 0 spiro atoms. The summed E-state index contributed by atoms with van der Waals surface area (Å²) in [6, 6.07) is 12.0. The minimum Gasteiger partial charge on any atom is -0.355 e. The van der Waals surface area contributed by atoms with Crippen LogP contribution in [0.4, 0.5) is 18.9 Å². The van der Waals surface area contributed by atoms with Crippen molar-refractivity contribution in [1.29, 1.82) is 0 Å². The summed E-state index contributed by atoms with van der Waals surface area (Å²) in [4.78, 5) is 12.3. The number of amides is 1. The molecular formula is C21H23F3N2O3S. The molecule has 3 rings (SSSR count). The number of carbonyl (C=O) groups is 1. The molecule has 1 heterocycles. The zero-order chi connectivity index (χ0) is 21.9. The lowest BCUT2D eigenvalue weighted by Crippen LogP contribution is -2.38. The van der Waals surface area contributed by atoms with Crippen molar-refractivity contribution in [2.75, 3.05) is 23.1 Å². The molecule has 9 heteroatoms. The van der Waals surface area contributed by atoms with E-state index in [0.29, 0.717) is 24.2 Å². The monoisotopic (exact) mass is 440 g/mol. The number of para-hydroxylation sites is 1. The lowest BCUT2D eigenvalue weighted by molar-refractivity contribution is -0.137. The first-order chi connectivity index (χ1) is 14.1. The molecule has 1 aliphatic rings. The van der Waals surface area contributed by atoms with Gasteiger partial charge >= 0.3 is 6.18 Å². The van der Waals surface area contributed by atoms with Crippen molar-refractivity contribution in [3.63, 3.8) is 0 Å². The number of alkyl halides is 3. The van der Waals surface area contributed by atoms with Crippen LogP contribution in [0.25, 0.3) is 0 Å². The number of hydrogen-bond acceptors (Lipinski definition) is 3. The van der Waals surface area contributed by atoms with Crippen LogP contribution in [0, 0.1) is 5.92 Å². The summed E-state index contributed by atoms with van der Waals surface area (Å²) in [5.41, 5.74) is 1.53. The molecule has 0 bridgehead atoms. The van der Waals surface area contributed by atoms with Crippen molar-refractivity contribution >= 4 is 21.6 Å². The molecule has 30 heavy (non-hydrogen) atoms. The average Bonchev–Trinajstić information content (AvgIpc) is 3.12. The minimum absolute atomic E-state index is 0.0306. The minimum atomic E-state index is -4.40. The zero-order valence-electron chi connectivity index (χ0n) is 16.4. The molecule has 0 saturated heterocycles. The summed E-state index contributed by atoms with van der Waals surface area (Å²) in [6.07, 6.45) is -3.48. The number of nitrogens with zero attached hydrogens (tertiary/aromatic N) is 1. The fourth-order valence-electron chi connectivity index (χ4n) is 3.46. The molecule has 5 nitrogen and oxygen atoms in total. The number of rotatable bonds is 7. The first-order valence-corrected chi connectivity index (χ1v) is 11.2. The number of sulfonamides is 1. The van der Waals surface area contributed by atoms with Crippen LogP contribution in [0.1, 0.15) is 23.6 Å². The number of fused-ring (bicyclic) bond motifs is 1. The summed E-state index contributed by atoms with van der Waals surface area (Å²) in [5.74, 6) is -1.07. The van der Waals surface area contributed by atoms with Gasteiger partial charge in [0.25, 0.3) is 0 Å². The first kappa shape index (κ1) is 22.1. The highest BCUT2D eigenvalue weighted by Gasteiger charge is 2.30. The molecule has 0 aromatic heterocycles. The van der Waals surface area contributed by atoms with E-state index in [1.807, 2.05) is 12.1 Å². The number of carbonyl (C=O) groups excluding carboxylic acids is 1. The number of nitrogens with one attached hydrogen (secondary N) is 1. The zero-order valence-corrected chi connectivity index (χ0v) is 17.3. The van der Waals surface area contributed by atoms with Gasteiger partial charge in [-0.15, -0.1) is 0 Å². The van der Waals surface area contributed by atoms with Crippen LogP contribution in [0.3, 0.4) is 0 Å². The quantitative estimate of drug-likeness (QED) is 0.718. The van der Waals surface area contributed by atoms with Gasteiger partial charge in [0.2, 0.25) is 15.9 Å². The molecule has 1 unspecified atom stereocenters. The summed E-state index contributed by atoms with van der Waals surface area (Å²) < 4.78 is 64.5. The Kier molecular flexibility index (Phi) is 6.40. The summed E-state index contributed by atoms with van der Waals surface area (Å²) in [6.45, 7) is 2.01. The van der Waals surface area contributed by atoms with Gasteiger partial charge in [-0.25, -0.2) is 8.42 Å². The maximum atomic E-state index is 12.6. The summed E-state index contributed by atoms with van der Waals surface area (Å²) >= 11 is 0. The van der Waals surface area contributed by atoms with E-state index in [2.05, 4.69) is 5.32 Å². The van der Waals surface area contributed by atoms with Crippen molar-refractivity contribution in [3.05, 3.63) is 65.2 Å². The molecule has 1 amide bonds. The maximum Gasteiger partial charge on any atom is 0.416 e. The van der Waals surface area contributed by atoms with E-state index in [1.165, 1.54) is 16.4 Å². The summed E-state index contributed by atoms with van der Waals surface area (Å²) in [7, 11) is -3.56. The molecule has 0 fully saturated rings. The van der Waals surface area contributed by atoms with Crippen molar-refractivity contribution in [2.24, 2.45) is 5.92 Å². The molecule has 2 aromatic rings. The van der Waals surface area contributed by atoms with Crippen molar-refractivity contribution in [3.8, 4) is 0 Å². The van der Waals surface area contributed by atoms with Crippen LogP contribution in [0.15, 0.2) is 48.5 Å². The molecule has 0 aliphatic carbocycles. The van der Waals surface area contributed by atoms with Gasteiger partial charge in [-0.3, -0.25) is 9.10 Å². The Morgan fingerprint density at radius 2 is 1.80 bits per heavy atom. The van der Waals surface area contributed by atoms with Crippen molar-refractivity contribution in [2.45, 2.75) is 25.9 Å². The predicted molar refractivity (Wildman–Crippen MR) is 109 cm³/mol. The molecule has 1 aliphatic heterocycles. The van der Waals surface area contributed by atoms with E-state index in [-0.39, 0.29) is 24.6 Å². The fourth-order valence-corrected chi connectivity index (χ4v) is 4.89. The number of benzene rings is 2. The largest absolute Gasteiger partial charge is 0.416 e. The van der Waals surface area contributed by atoms with Gasteiger partial charge in [0.05, 0.1) is 17.0 Å². The Bertz CT molecular complexity index is 1000. The maximum absolute atomic E-state index is 12.6. The van der Waals surface area contributed by atoms with Crippen molar-refractivity contribution in [1.82, 2.24) is 5.32 Å². The van der Waals surface area contributed by atoms with E-state index in [9.17, 15) is 26.4 Å². The van der Waals surface area contributed by atoms with Crippen LogP contribution in [0.2, 0.25) is 0 Å². The van der Waals surface area contributed by atoms with E-state index in [4.69, 9.17) is 0 Å². The molecule has 162 valence electrons. The predicted octanol–water partition coefficient (Wildman–Crippen LogP) is 3.39. The number of hydrogen-bond donors (Lipinski definition) is 1. The Hall–Kier alpha value is -2.55. The molecule has 0 saturated carbocycles. The van der Waals surface area contributed by atoms with Gasteiger partial charge in [0.15, 0.2) is 0 Å². The molecule has 1 N–H and O–H groups in total. The van der Waals surface area contributed by atoms with Crippen molar-refractivity contribution < 1.29 is 26.4 Å². The second kappa shape index (κ2) is 8.67. The van der Waals surface area contributed by atoms with Gasteiger partial charge in [-0.05, 0) is 42.2 Å². The van der Waals surface area contributed by atoms with E-state index >= 15 is 0 Å². The standard InChI is InChI=1S/C21H23F3N2O3S/c1-15(14-16-6-8-18(9-7-16)21(22,23)24)20(27)25-11-13-30(28,29)26-12-10-17-4-2-3-5-19(17)26/h2-9,15H,10-14H2,1H3,(H,25,27). The normalized spacial score (nSPS) is 15.0. The Morgan fingerprint density at radius 1 is 1.13 bits per heavy atom. The van der Waals surface area contributed by atoms with E-state index < -0.39 is 27.7 Å².